The average Bonchev–Trinajstić information content (AvgIpc) is 2.26. The first-order valence-corrected chi connectivity index (χ1v) is 5.80. The Labute approximate surface area is 110 Å². The molecule has 17 heavy (non-hydrogen) atoms. The minimum Gasteiger partial charge on any atom is -0.488 e. The summed E-state index contributed by atoms with van der Waals surface area (Å²) < 4.78 is 5.34. The summed E-state index contributed by atoms with van der Waals surface area (Å²) in [5.41, 5.74) is 0.315. The molecule has 1 aromatic rings. The lowest BCUT2D eigenvalue weighted by Crippen LogP contribution is -2.03. The monoisotopic (exact) mass is 274 g/mol. The summed E-state index contributed by atoms with van der Waals surface area (Å²) >= 11 is 11.6. The molecule has 0 aliphatic rings. The van der Waals surface area contributed by atoms with Crippen molar-refractivity contribution >= 4 is 29.2 Å². The Morgan fingerprint density at radius 2 is 2.18 bits per heavy atom. The van der Waals surface area contributed by atoms with Crippen LogP contribution in [0.5, 0.6) is 5.75 Å². The maximum Gasteiger partial charge on any atom is 0.331 e. The molecule has 1 rings (SSSR count). The molecule has 0 aromatic heterocycles. The van der Waals surface area contributed by atoms with E-state index in [1.54, 1.807) is 25.1 Å². The van der Waals surface area contributed by atoms with Crippen molar-refractivity contribution in [3.63, 3.8) is 0 Å². The Hall–Kier alpha value is -1.19. The predicted octanol–water partition coefficient (Wildman–Crippen LogP) is 3.79. The van der Waals surface area contributed by atoms with Crippen LogP contribution >= 0.6 is 23.2 Å². The highest BCUT2D eigenvalue weighted by atomic mass is 35.5. The lowest BCUT2D eigenvalue weighted by Gasteiger charge is -2.06. The maximum atomic E-state index is 10.7. The molecule has 5 heteroatoms. The third-order valence-electron chi connectivity index (χ3n) is 2.12. The molecule has 1 aromatic carbocycles. The summed E-state index contributed by atoms with van der Waals surface area (Å²) in [6.45, 7) is 1.94. The number of aliphatic carboxylic acids is 1. The molecule has 0 aliphatic heterocycles. The number of carbonyl (C=O) groups is 1. The second-order valence-corrected chi connectivity index (χ2v) is 4.12. The summed E-state index contributed by atoms with van der Waals surface area (Å²) in [6, 6.07) is 4.87. The van der Waals surface area contributed by atoms with Gasteiger partial charge in [0, 0.05) is 10.6 Å². The van der Waals surface area contributed by atoms with Gasteiger partial charge in [-0.15, -0.1) is 0 Å². The number of hydrogen-bond donors (Lipinski definition) is 1. The van der Waals surface area contributed by atoms with E-state index in [-0.39, 0.29) is 6.61 Å². The van der Waals surface area contributed by atoms with Crippen molar-refractivity contribution in [3.8, 4) is 5.75 Å². The fraction of sp³-hybridized carbons (Fsp3) is 0.250. The standard InChI is InChI=1S/C12H12Cl2O3/c1-2-8(12(15)16)5-6-17-11-4-3-9(13)7-10(11)14/h3-5,7H,2,6H2,1H3,(H,15,16). The number of rotatable bonds is 5. The first-order valence-electron chi connectivity index (χ1n) is 5.04. The fourth-order valence-corrected chi connectivity index (χ4v) is 1.67. The van der Waals surface area contributed by atoms with Gasteiger partial charge < -0.3 is 9.84 Å². The van der Waals surface area contributed by atoms with Crippen LogP contribution in [0.1, 0.15) is 13.3 Å². The second kappa shape index (κ2) is 6.52. The Bertz CT molecular complexity index is 441. The zero-order valence-corrected chi connectivity index (χ0v) is 10.8. The lowest BCUT2D eigenvalue weighted by molar-refractivity contribution is -0.132. The molecule has 0 heterocycles. The highest BCUT2D eigenvalue weighted by molar-refractivity contribution is 6.35. The molecule has 0 fully saturated rings. The highest BCUT2D eigenvalue weighted by Gasteiger charge is 2.04. The smallest absolute Gasteiger partial charge is 0.331 e. The van der Waals surface area contributed by atoms with Crippen LogP contribution < -0.4 is 4.74 Å². The van der Waals surface area contributed by atoms with Crippen LogP contribution in [0.2, 0.25) is 10.0 Å². The van der Waals surface area contributed by atoms with Gasteiger partial charge in [-0.3, -0.25) is 0 Å². The molecular weight excluding hydrogens is 263 g/mol. The first kappa shape index (κ1) is 13.9. The van der Waals surface area contributed by atoms with Gasteiger partial charge in [0.25, 0.3) is 0 Å². The van der Waals surface area contributed by atoms with E-state index in [0.717, 1.165) is 0 Å². The van der Waals surface area contributed by atoms with Crippen molar-refractivity contribution < 1.29 is 14.6 Å². The molecule has 0 saturated heterocycles. The van der Waals surface area contributed by atoms with Gasteiger partial charge in [0.1, 0.15) is 12.4 Å². The van der Waals surface area contributed by atoms with Gasteiger partial charge >= 0.3 is 5.97 Å². The summed E-state index contributed by atoms with van der Waals surface area (Å²) in [7, 11) is 0. The number of hydrogen-bond acceptors (Lipinski definition) is 2. The van der Waals surface area contributed by atoms with Gasteiger partial charge in [-0.05, 0) is 30.7 Å². The summed E-state index contributed by atoms with van der Waals surface area (Å²) in [6.07, 6.45) is 1.97. The van der Waals surface area contributed by atoms with Crippen LogP contribution in [0, 0.1) is 0 Å². The van der Waals surface area contributed by atoms with Gasteiger partial charge in [0.2, 0.25) is 0 Å². The zero-order valence-electron chi connectivity index (χ0n) is 9.24. The summed E-state index contributed by atoms with van der Waals surface area (Å²) in [4.78, 5) is 10.7. The topological polar surface area (TPSA) is 46.5 Å². The van der Waals surface area contributed by atoms with Gasteiger partial charge in [0.15, 0.2) is 0 Å². The molecule has 92 valence electrons. The van der Waals surface area contributed by atoms with Crippen LogP contribution in [0.15, 0.2) is 29.8 Å². The Balaban J connectivity index is 2.65. The third-order valence-corrected chi connectivity index (χ3v) is 2.65. The number of carboxylic acids is 1. The van der Waals surface area contributed by atoms with E-state index in [2.05, 4.69) is 0 Å². The predicted molar refractivity (Wildman–Crippen MR) is 68.0 cm³/mol. The maximum absolute atomic E-state index is 10.7. The molecule has 0 bridgehead atoms. The second-order valence-electron chi connectivity index (χ2n) is 3.27. The Morgan fingerprint density at radius 3 is 2.71 bits per heavy atom. The minimum absolute atomic E-state index is 0.164. The Kier molecular flexibility index (Phi) is 5.32. The first-order chi connectivity index (χ1) is 8.04. The zero-order chi connectivity index (χ0) is 12.8. The van der Waals surface area contributed by atoms with Crippen LogP contribution in [0.4, 0.5) is 0 Å². The van der Waals surface area contributed by atoms with Crippen LogP contribution in [0.25, 0.3) is 0 Å². The van der Waals surface area contributed by atoms with E-state index in [9.17, 15) is 4.79 Å². The average molecular weight is 275 g/mol. The van der Waals surface area contributed by atoms with Crippen molar-refractivity contribution in [2.45, 2.75) is 13.3 Å². The third kappa shape index (κ3) is 4.29. The van der Waals surface area contributed by atoms with E-state index >= 15 is 0 Å². The van der Waals surface area contributed by atoms with Gasteiger partial charge in [-0.2, -0.15) is 0 Å². The quantitative estimate of drug-likeness (QED) is 0.831. The molecule has 0 aliphatic carbocycles. The highest BCUT2D eigenvalue weighted by Crippen LogP contribution is 2.27. The van der Waals surface area contributed by atoms with E-state index in [1.165, 1.54) is 6.08 Å². The van der Waals surface area contributed by atoms with Gasteiger partial charge in [-0.1, -0.05) is 30.1 Å². The largest absolute Gasteiger partial charge is 0.488 e. The minimum atomic E-state index is -0.932. The molecular formula is C12H12Cl2O3. The molecule has 0 saturated carbocycles. The molecule has 3 nitrogen and oxygen atoms in total. The molecule has 1 N–H and O–H groups in total. The number of ether oxygens (including phenoxy) is 1. The van der Waals surface area contributed by atoms with E-state index < -0.39 is 5.97 Å². The molecule has 0 amide bonds. The van der Waals surface area contributed by atoms with Crippen molar-refractivity contribution in [1.29, 1.82) is 0 Å². The van der Waals surface area contributed by atoms with Crippen LogP contribution in [-0.4, -0.2) is 17.7 Å². The number of carboxylic acid groups (broad SMARTS) is 1. The Morgan fingerprint density at radius 1 is 1.47 bits per heavy atom. The summed E-state index contributed by atoms with van der Waals surface area (Å²) in [5.74, 6) is -0.452. The van der Waals surface area contributed by atoms with Gasteiger partial charge in [0.05, 0.1) is 5.02 Å². The number of halogens is 2. The molecule has 0 unspecified atom stereocenters. The molecule has 0 radical (unpaired) electrons. The number of benzene rings is 1. The fourth-order valence-electron chi connectivity index (χ4n) is 1.21. The molecule has 0 spiro atoms. The van der Waals surface area contributed by atoms with Gasteiger partial charge in [-0.25, -0.2) is 4.79 Å². The van der Waals surface area contributed by atoms with Crippen molar-refractivity contribution in [2.75, 3.05) is 6.61 Å². The van der Waals surface area contributed by atoms with Crippen LogP contribution in [-0.2, 0) is 4.79 Å². The SMILES string of the molecule is CCC(=CCOc1ccc(Cl)cc1Cl)C(=O)O. The normalized spacial score (nSPS) is 11.4. The van der Waals surface area contributed by atoms with E-state index in [1.807, 2.05) is 0 Å². The lowest BCUT2D eigenvalue weighted by atomic mass is 10.2. The molecule has 0 atom stereocenters. The van der Waals surface area contributed by atoms with Crippen molar-refractivity contribution in [3.05, 3.63) is 39.9 Å². The van der Waals surface area contributed by atoms with Crippen molar-refractivity contribution in [2.24, 2.45) is 0 Å². The van der Waals surface area contributed by atoms with Crippen molar-refractivity contribution in [1.82, 2.24) is 0 Å². The van der Waals surface area contributed by atoms with E-state index in [4.69, 9.17) is 33.0 Å². The van der Waals surface area contributed by atoms with Crippen LogP contribution in [0.3, 0.4) is 0 Å². The summed E-state index contributed by atoms with van der Waals surface area (Å²) in [5, 5.41) is 9.72. The van der Waals surface area contributed by atoms with E-state index in [0.29, 0.717) is 27.8 Å².